The fourth-order valence-corrected chi connectivity index (χ4v) is 2.16. The van der Waals surface area contributed by atoms with E-state index < -0.39 is 11.6 Å². The number of hydrogen-bond acceptors (Lipinski definition) is 3. The Hall–Kier alpha value is -1.85. The first-order chi connectivity index (χ1) is 10.0. The Balaban J connectivity index is 2.07. The largest absolute Gasteiger partial charge is 0.504 e. The van der Waals surface area contributed by atoms with Crippen LogP contribution in [0.15, 0.2) is 30.3 Å². The molecular weight excluding hydrogens is 300 g/mol. The minimum Gasteiger partial charge on any atom is -0.504 e. The molecule has 2 N–H and O–H groups in total. The monoisotopic (exact) mass is 313 g/mol. The molecule has 0 amide bonds. The van der Waals surface area contributed by atoms with Crippen LogP contribution in [0, 0.1) is 11.6 Å². The van der Waals surface area contributed by atoms with Crippen molar-refractivity contribution >= 4 is 11.6 Å². The van der Waals surface area contributed by atoms with Crippen molar-refractivity contribution in [1.29, 1.82) is 0 Å². The lowest BCUT2D eigenvalue weighted by molar-refractivity contribution is 0.369. The van der Waals surface area contributed by atoms with E-state index in [0.29, 0.717) is 10.6 Å². The highest BCUT2D eigenvalue weighted by Gasteiger charge is 2.10. The van der Waals surface area contributed by atoms with Crippen LogP contribution in [0.4, 0.5) is 8.78 Å². The molecule has 112 valence electrons. The highest BCUT2D eigenvalue weighted by atomic mass is 35.5. The number of aromatic hydroxyl groups is 1. The predicted molar refractivity (Wildman–Crippen MR) is 76.6 cm³/mol. The highest BCUT2D eigenvalue weighted by molar-refractivity contribution is 6.30. The van der Waals surface area contributed by atoms with Gasteiger partial charge in [0, 0.05) is 35.3 Å². The van der Waals surface area contributed by atoms with Gasteiger partial charge >= 0.3 is 0 Å². The molecule has 0 unspecified atom stereocenters. The van der Waals surface area contributed by atoms with Gasteiger partial charge in [-0.15, -0.1) is 0 Å². The Bertz CT molecular complexity index is 650. The molecule has 0 bridgehead atoms. The molecule has 3 nitrogen and oxygen atoms in total. The first-order valence-electron chi connectivity index (χ1n) is 6.21. The standard InChI is InChI=1S/C15H14ClF2NO2/c1-21-14-6-11(16)4-10(15(14)20)8-19-7-9-5-12(17)2-3-13(9)18/h2-6,19-20H,7-8H2,1H3. The molecule has 2 aromatic carbocycles. The Morgan fingerprint density at radius 2 is 1.86 bits per heavy atom. The summed E-state index contributed by atoms with van der Waals surface area (Å²) in [5.41, 5.74) is 0.722. The van der Waals surface area contributed by atoms with Crippen molar-refractivity contribution in [3.05, 3.63) is 58.1 Å². The van der Waals surface area contributed by atoms with Gasteiger partial charge in [0.15, 0.2) is 11.5 Å². The van der Waals surface area contributed by atoms with Crippen LogP contribution in [-0.2, 0) is 13.1 Å². The van der Waals surface area contributed by atoms with Crippen molar-refractivity contribution in [2.75, 3.05) is 7.11 Å². The molecule has 0 saturated carbocycles. The summed E-state index contributed by atoms with van der Waals surface area (Å²) >= 11 is 5.91. The van der Waals surface area contributed by atoms with Gasteiger partial charge in [0.05, 0.1) is 7.11 Å². The van der Waals surface area contributed by atoms with Gasteiger partial charge in [-0.05, 0) is 24.3 Å². The number of ether oxygens (including phenoxy) is 1. The average Bonchev–Trinajstić information content (AvgIpc) is 2.45. The first-order valence-corrected chi connectivity index (χ1v) is 6.59. The lowest BCUT2D eigenvalue weighted by Gasteiger charge is -2.11. The predicted octanol–water partition coefficient (Wildman–Crippen LogP) is 3.62. The SMILES string of the molecule is COc1cc(Cl)cc(CNCc2cc(F)ccc2F)c1O. The minimum atomic E-state index is -0.500. The van der Waals surface area contributed by atoms with Crippen LogP contribution in [-0.4, -0.2) is 12.2 Å². The van der Waals surface area contributed by atoms with Crippen LogP contribution >= 0.6 is 11.6 Å². The second kappa shape index (κ2) is 6.74. The Kier molecular flexibility index (Phi) is 4.98. The first kappa shape index (κ1) is 15.5. The molecule has 0 heterocycles. The van der Waals surface area contributed by atoms with Crippen LogP contribution in [0.2, 0.25) is 5.02 Å². The van der Waals surface area contributed by atoms with Crippen LogP contribution in [0.25, 0.3) is 0 Å². The van der Waals surface area contributed by atoms with Gasteiger partial charge in [0.1, 0.15) is 11.6 Å². The summed E-state index contributed by atoms with van der Waals surface area (Å²) in [6.45, 7) is 0.358. The van der Waals surface area contributed by atoms with Crippen LogP contribution in [0.1, 0.15) is 11.1 Å². The van der Waals surface area contributed by atoms with Gasteiger partial charge in [0.25, 0.3) is 0 Å². The smallest absolute Gasteiger partial charge is 0.162 e. The van der Waals surface area contributed by atoms with E-state index in [4.69, 9.17) is 16.3 Å². The summed E-state index contributed by atoms with van der Waals surface area (Å²) in [6.07, 6.45) is 0. The van der Waals surface area contributed by atoms with E-state index in [0.717, 1.165) is 18.2 Å². The van der Waals surface area contributed by atoms with E-state index in [9.17, 15) is 13.9 Å². The van der Waals surface area contributed by atoms with Crippen molar-refractivity contribution < 1.29 is 18.6 Å². The molecule has 0 radical (unpaired) electrons. The summed E-state index contributed by atoms with van der Waals surface area (Å²) in [5.74, 6) is -0.761. The van der Waals surface area contributed by atoms with Gasteiger partial charge in [-0.3, -0.25) is 0 Å². The maximum Gasteiger partial charge on any atom is 0.162 e. The van der Waals surface area contributed by atoms with Crippen LogP contribution in [0.3, 0.4) is 0 Å². The molecule has 0 aliphatic heterocycles. The molecule has 0 aliphatic rings. The molecule has 21 heavy (non-hydrogen) atoms. The van der Waals surface area contributed by atoms with Gasteiger partial charge in [-0.25, -0.2) is 8.78 Å². The van der Waals surface area contributed by atoms with E-state index in [2.05, 4.69) is 5.32 Å². The normalized spacial score (nSPS) is 10.7. The Morgan fingerprint density at radius 1 is 1.14 bits per heavy atom. The van der Waals surface area contributed by atoms with E-state index in [1.54, 1.807) is 6.07 Å². The number of hydrogen-bond donors (Lipinski definition) is 2. The van der Waals surface area contributed by atoms with Crippen LogP contribution in [0.5, 0.6) is 11.5 Å². The summed E-state index contributed by atoms with van der Waals surface area (Å²) in [6, 6.07) is 6.33. The van der Waals surface area contributed by atoms with E-state index in [1.807, 2.05) is 0 Å². The number of benzene rings is 2. The Labute approximate surface area is 126 Å². The zero-order valence-corrected chi connectivity index (χ0v) is 12.0. The van der Waals surface area contributed by atoms with Crippen LogP contribution < -0.4 is 10.1 Å². The summed E-state index contributed by atoms with van der Waals surface area (Å²) < 4.78 is 31.5. The van der Waals surface area contributed by atoms with Crippen molar-refractivity contribution in [2.24, 2.45) is 0 Å². The average molecular weight is 314 g/mol. The molecule has 6 heteroatoms. The van der Waals surface area contributed by atoms with E-state index in [-0.39, 0.29) is 30.2 Å². The number of methoxy groups -OCH3 is 1. The number of nitrogens with one attached hydrogen (secondary N) is 1. The number of phenols is 1. The van der Waals surface area contributed by atoms with E-state index in [1.165, 1.54) is 13.2 Å². The molecule has 2 rings (SSSR count). The quantitative estimate of drug-likeness (QED) is 0.886. The lowest BCUT2D eigenvalue weighted by Crippen LogP contribution is -2.14. The molecular formula is C15H14ClF2NO2. The topological polar surface area (TPSA) is 41.5 Å². The molecule has 0 aliphatic carbocycles. The maximum absolute atomic E-state index is 13.5. The third-order valence-electron chi connectivity index (χ3n) is 2.98. The maximum atomic E-state index is 13.5. The summed E-state index contributed by atoms with van der Waals surface area (Å²) in [7, 11) is 1.42. The van der Waals surface area contributed by atoms with Crippen molar-refractivity contribution in [2.45, 2.75) is 13.1 Å². The summed E-state index contributed by atoms with van der Waals surface area (Å²) in [5, 5.41) is 13.3. The van der Waals surface area contributed by atoms with Gasteiger partial charge in [-0.1, -0.05) is 11.6 Å². The second-order valence-electron chi connectivity index (χ2n) is 4.46. The third kappa shape index (κ3) is 3.83. The minimum absolute atomic E-state index is 0.0332. The zero-order chi connectivity index (χ0) is 15.4. The molecule has 2 aromatic rings. The lowest BCUT2D eigenvalue weighted by atomic mass is 10.1. The van der Waals surface area contributed by atoms with Crippen molar-refractivity contribution in [3.8, 4) is 11.5 Å². The van der Waals surface area contributed by atoms with Crippen molar-refractivity contribution in [1.82, 2.24) is 5.32 Å². The fourth-order valence-electron chi connectivity index (χ4n) is 1.93. The molecule has 0 aromatic heterocycles. The fraction of sp³-hybridized carbons (Fsp3) is 0.200. The number of rotatable bonds is 5. The second-order valence-corrected chi connectivity index (χ2v) is 4.89. The number of phenolic OH excluding ortho intramolecular Hbond substituents is 1. The van der Waals surface area contributed by atoms with Crippen molar-refractivity contribution in [3.63, 3.8) is 0 Å². The number of halogens is 3. The Morgan fingerprint density at radius 3 is 2.57 bits per heavy atom. The third-order valence-corrected chi connectivity index (χ3v) is 3.20. The van der Waals surface area contributed by atoms with Gasteiger partial charge in [-0.2, -0.15) is 0 Å². The molecule has 0 saturated heterocycles. The molecule has 0 fully saturated rings. The zero-order valence-electron chi connectivity index (χ0n) is 11.3. The highest BCUT2D eigenvalue weighted by Crippen LogP contribution is 2.33. The molecule has 0 spiro atoms. The van der Waals surface area contributed by atoms with Gasteiger partial charge in [0.2, 0.25) is 0 Å². The molecule has 0 atom stereocenters. The van der Waals surface area contributed by atoms with Gasteiger partial charge < -0.3 is 15.2 Å². The summed E-state index contributed by atoms with van der Waals surface area (Å²) in [4.78, 5) is 0. The van der Waals surface area contributed by atoms with E-state index >= 15 is 0 Å².